The van der Waals surface area contributed by atoms with Crippen molar-refractivity contribution in [2.75, 3.05) is 5.73 Å². The van der Waals surface area contributed by atoms with Gasteiger partial charge < -0.3 is 10.5 Å². The fourth-order valence-corrected chi connectivity index (χ4v) is 1.41. The summed E-state index contributed by atoms with van der Waals surface area (Å²) in [4.78, 5) is 0. The molecule has 2 N–H and O–H groups in total. The van der Waals surface area contributed by atoms with Crippen LogP contribution in [-0.2, 0) is 0 Å². The molecular weight excluding hydrogens is 162 g/mol. The van der Waals surface area contributed by atoms with Crippen LogP contribution < -0.4 is 10.5 Å². The Morgan fingerprint density at radius 3 is 2.00 bits per heavy atom. The molecule has 0 fully saturated rings. The lowest BCUT2D eigenvalue weighted by molar-refractivity contribution is 0.239. The highest BCUT2D eigenvalue weighted by molar-refractivity contribution is 5.52. The van der Waals surface area contributed by atoms with Gasteiger partial charge in [-0.05, 0) is 51.0 Å². The molecule has 72 valence electrons. The Hall–Kier alpha value is -1.18. The average Bonchev–Trinajstić information content (AvgIpc) is 1.96. The number of nitrogen functional groups attached to an aromatic ring is 1. The average molecular weight is 179 g/mol. The van der Waals surface area contributed by atoms with Crippen LogP contribution in [0.15, 0.2) is 12.1 Å². The molecule has 2 nitrogen and oxygen atoms in total. The monoisotopic (exact) mass is 179 g/mol. The maximum Gasteiger partial charge on any atom is 0.125 e. The highest BCUT2D eigenvalue weighted by Crippen LogP contribution is 2.26. The third kappa shape index (κ3) is 2.38. The molecule has 0 aliphatic rings. The molecule has 0 atom stereocenters. The Morgan fingerprint density at radius 2 is 1.62 bits per heavy atom. The number of hydrogen-bond donors (Lipinski definition) is 1. The van der Waals surface area contributed by atoms with E-state index >= 15 is 0 Å². The molecule has 0 saturated heterocycles. The number of benzene rings is 1. The lowest BCUT2D eigenvalue weighted by Gasteiger charge is -2.15. The van der Waals surface area contributed by atoms with Gasteiger partial charge >= 0.3 is 0 Å². The van der Waals surface area contributed by atoms with Crippen LogP contribution in [0.2, 0.25) is 0 Å². The van der Waals surface area contributed by atoms with E-state index in [1.165, 1.54) is 0 Å². The minimum Gasteiger partial charge on any atom is -0.490 e. The predicted octanol–water partition coefficient (Wildman–Crippen LogP) is 2.67. The molecule has 0 aliphatic heterocycles. The summed E-state index contributed by atoms with van der Waals surface area (Å²) >= 11 is 0. The van der Waals surface area contributed by atoms with Crippen molar-refractivity contribution in [1.82, 2.24) is 0 Å². The molecular formula is C11H17NO. The van der Waals surface area contributed by atoms with Crippen molar-refractivity contribution in [3.8, 4) is 5.75 Å². The smallest absolute Gasteiger partial charge is 0.125 e. The van der Waals surface area contributed by atoms with Crippen molar-refractivity contribution in [2.45, 2.75) is 33.8 Å². The van der Waals surface area contributed by atoms with Gasteiger partial charge in [-0.15, -0.1) is 0 Å². The molecule has 0 aliphatic carbocycles. The third-order valence-electron chi connectivity index (χ3n) is 1.84. The minimum atomic E-state index is 0.209. The first-order valence-corrected chi connectivity index (χ1v) is 4.54. The van der Waals surface area contributed by atoms with Crippen LogP contribution in [0.3, 0.4) is 0 Å². The molecule has 0 saturated carbocycles. The lowest BCUT2D eigenvalue weighted by Crippen LogP contribution is -2.08. The van der Waals surface area contributed by atoms with E-state index in [1.807, 2.05) is 39.8 Å². The van der Waals surface area contributed by atoms with Crippen LogP contribution in [0, 0.1) is 13.8 Å². The SMILES string of the molecule is Cc1cc(N)cc(C)c1OC(C)C. The maximum atomic E-state index is 5.70. The molecule has 1 rings (SSSR count). The van der Waals surface area contributed by atoms with Gasteiger partial charge in [0, 0.05) is 5.69 Å². The fourth-order valence-electron chi connectivity index (χ4n) is 1.41. The number of ether oxygens (including phenoxy) is 1. The van der Waals surface area contributed by atoms with E-state index in [4.69, 9.17) is 10.5 Å². The fraction of sp³-hybridized carbons (Fsp3) is 0.455. The van der Waals surface area contributed by atoms with Crippen LogP contribution in [-0.4, -0.2) is 6.10 Å². The predicted molar refractivity (Wildman–Crippen MR) is 56.1 cm³/mol. The summed E-state index contributed by atoms with van der Waals surface area (Å²) in [5, 5.41) is 0. The second-order valence-corrected chi connectivity index (χ2v) is 3.65. The van der Waals surface area contributed by atoms with Gasteiger partial charge in [0.2, 0.25) is 0 Å². The minimum absolute atomic E-state index is 0.209. The summed E-state index contributed by atoms with van der Waals surface area (Å²) in [6.45, 7) is 8.08. The summed E-state index contributed by atoms with van der Waals surface area (Å²) in [7, 11) is 0. The van der Waals surface area contributed by atoms with Crippen molar-refractivity contribution in [2.24, 2.45) is 0 Å². The molecule has 1 aromatic rings. The zero-order valence-electron chi connectivity index (χ0n) is 8.72. The molecule has 2 heteroatoms. The number of anilines is 1. The van der Waals surface area contributed by atoms with E-state index < -0.39 is 0 Å². The third-order valence-corrected chi connectivity index (χ3v) is 1.84. The topological polar surface area (TPSA) is 35.2 Å². The summed E-state index contributed by atoms with van der Waals surface area (Å²) in [5.74, 6) is 0.962. The van der Waals surface area contributed by atoms with Crippen molar-refractivity contribution in [3.05, 3.63) is 23.3 Å². The molecule has 0 aromatic heterocycles. The lowest BCUT2D eigenvalue weighted by atomic mass is 10.1. The molecule has 0 amide bonds. The van der Waals surface area contributed by atoms with Crippen molar-refractivity contribution >= 4 is 5.69 Å². The molecule has 0 radical (unpaired) electrons. The zero-order chi connectivity index (χ0) is 10.0. The number of aryl methyl sites for hydroxylation is 2. The number of rotatable bonds is 2. The maximum absolute atomic E-state index is 5.70. The summed E-state index contributed by atoms with van der Waals surface area (Å²) < 4.78 is 5.68. The van der Waals surface area contributed by atoms with Crippen molar-refractivity contribution in [3.63, 3.8) is 0 Å². The standard InChI is InChI=1S/C11H17NO/c1-7(2)13-11-8(3)5-10(12)6-9(11)4/h5-7H,12H2,1-4H3. The molecule has 13 heavy (non-hydrogen) atoms. The van der Waals surface area contributed by atoms with Gasteiger partial charge in [-0.2, -0.15) is 0 Å². The van der Waals surface area contributed by atoms with E-state index in [0.717, 1.165) is 22.6 Å². The van der Waals surface area contributed by atoms with Gasteiger partial charge in [-0.25, -0.2) is 0 Å². The van der Waals surface area contributed by atoms with Crippen molar-refractivity contribution in [1.29, 1.82) is 0 Å². The van der Waals surface area contributed by atoms with Crippen LogP contribution in [0.5, 0.6) is 5.75 Å². The van der Waals surface area contributed by atoms with Gasteiger partial charge in [0.15, 0.2) is 0 Å². The highest BCUT2D eigenvalue weighted by atomic mass is 16.5. The Bertz CT molecular complexity index is 282. The van der Waals surface area contributed by atoms with Crippen LogP contribution in [0.4, 0.5) is 5.69 Å². The van der Waals surface area contributed by atoms with Gasteiger partial charge in [0.1, 0.15) is 5.75 Å². The summed E-state index contributed by atoms with van der Waals surface area (Å²) in [5.41, 5.74) is 8.71. The quantitative estimate of drug-likeness (QED) is 0.708. The summed E-state index contributed by atoms with van der Waals surface area (Å²) in [6, 6.07) is 3.87. The molecule has 0 heterocycles. The van der Waals surface area contributed by atoms with Gasteiger partial charge in [0.05, 0.1) is 6.10 Å². The first-order valence-electron chi connectivity index (χ1n) is 4.54. The molecule has 0 spiro atoms. The second kappa shape index (κ2) is 3.69. The van der Waals surface area contributed by atoms with Crippen LogP contribution in [0.25, 0.3) is 0 Å². The Kier molecular flexibility index (Phi) is 2.81. The van der Waals surface area contributed by atoms with Crippen molar-refractivity contribution < 1.29 is 4.74 Å². The Balaban J connectivity index is 3.06. The van der Waals surface area contributed by atoms with E-state index in [1.54, 1.807) is 0 Å². The molecule has 0 unspecified atom stereocenters. The normalized spacial score (nSPS) is 10.5. The molecule has 0 bridgehead atoms. The second-order valence-electron chi connectivity index (χ2n) is 3.65. The number of hydrogen-bond acceptors (Lipinski definition) is 2. The van der Waals surface area contributed by atoms with Gasteiger partial charge in [-0.3, -0.25) is 0 Å². The number of nitrogens with two attached hydrogens (primary N) is 1. The first-order chi connectivity index (χ1) is 6.00. The summed E-state index contributed by atoms with van der Waals surface area (Å²) in [6.07, 6.45) is 0.209. The highest BCUT2D eigenvalue weighted by Gasteiger charge is 2.06. The Labute approximate surface area is 79.7 Å². The van der Waals surface area contributed by atoms with E-state index in [0.29, 0.717) is 0 Å². The van der Waals surface area contributed by atoms with Gasteiger partial charge in [-0.1, -0.05) is 0 Å². The van der Waals surface area contributed by atoms with Gasteiger partial charge in [0.25, 0.3) is 0 Å². The molecule has 1 aromatic carbocycles. The van der Waals surface area contributed by atoms with E-state index in [9.17, 15) is 0 Å². The zero-order valence-corrected chi connectivity index (χ0v) is 8.72. The first kappa shape index (κ1) is 9.90. The van der Waals surface area contributed by atoms with E-state index in [-0.39, 0.29) is 6.10 Å². The van der Waals surface area contributed by atoms with Crippen LogP contribution in [0.1, 0.15) is 25.0 Å². The largest absolute Gasteiger partial charge is 0.490 e. The van der Waals surface area contributed by atoms with E-state index in [2.05, 4.69) is 0 Å². The Morgan fingerprint density at radius 1 is 1.15 bits per heavy atom. The van der Waals surface area contributed by atoms with Crippen LogP contribution >= 0.6 is 0 Å².